The molecule has 0 amide bonds. The van der Waals surface area contributed by atoms with Crippen LogP contribution in [0.3, 0.4) is 0 Å². The summed E-state index contributed by atoms with van der Waals surface area (Å²) in [5, 5.41) is 3.06. The van der Waals surface area contributed by atoms with E-state index < -0.39 is 0 Å². The summed E-state index contributed by atoms with van der Waals surface area (Å²) in [5.74, 6) is 7.01. The number of hydrogen-bond donors (Lipinski definition) is 1. The Kier molecular flexibility index (Phi) is 14.3. The Bertz CT molecular complexity index is 1000. The summed E-state index contributed by atoms with van der Waals surface area (Å²) in [6.07, 6.45) is 3.28. The monoisotopic (exact) mass is 442 g/mol. The lowest BCUT2D eigenvalue weighted by Crippen LogP contribution is -2.22. The van der Waals surface area contributed by atoms with Crippen molar-refractivity contribution in [1.29, 1.82) is 0 Å². The van der Waals surface area contributed by atoms with Crippen LogP contribution in [0, 0.1) is 11.8 Å². The number of nitrogens with one attached hydrogen (secondary N) is 1. The van der Waals surface area contributed by atoms with Gasteiger partial charge in [-0.2, -0.15) is 0 Å². The Balaban J connectivity index is 0.000000372. The van der Waals surface area contributed by atoms with E-state index in [1.165, 1.54) is 0 Å². The number of para-hydroxylation sites is 1. The van der Waals surface area contributed by atoms with Crippen molar-refractivity contribution in [3.63, 3.8) is 0 Å². The first-order valence-corrected chi connectivity index (χ1v) is 10.3. The van der Waals surface area contributed by atoms with Crippen LogP contribution in [0.15, 0.2) is 104 Å². The molecule has 0 unspecified atom stereocenters. The van der Waals surface area contributed by atoms with Gasteiger partial charge in [-0.1, -0.05) is 73.7 Å². The fourth-order valence-electron chi connectivity index (χ4n) is 2.38. The summed E-state index contributed by atoms with van der Waals surface area (Å²) < 4.78 is 9.71. The molecule has 0 aliphatic carbocycles. The van der Waals surface area contributed by atoms with Gasteiger partial charge in [0.15, 0.2) is 0 Å². The Morgan fingerprint density at radius 2 is 1.58 bits per heavy atom. The van der Waals surface area contributed by atoms with Crippen molar-refractivity contribution in [3.05, 3.63) is 121 Å². The third-order valence-electron chi connectivity index (χ3n) is 4.06. The van der Waals surface area contributed by atoms with E-state index in [-0.39, 0.29) is 12.6 Å². The molecule has 5 heteroatoms. The molecular formula is C28H30N2O3. The number of benzene rings is 2. The highest BCUT2D eigenvalue weighted by molar-refractivity contribution is 5.40. The van der Waals surface area contributed by atoms with E-state index in [2.05, 4.69) is 35.3 Å². The number of allylic oxidation sites excluding steroid dienone is 2. The quantitative estimate of drug-likeness (QED) is 0.318. The molecule has 0 bridgehead atoms. The maximum atomic E-state index is 10.3. The first-order valence-electron chi connectivity index (χ1n) is 10.3. The zero-order chi connectivity index (χ0) is 24.2. The molecule has 33 heavy (non-hydrogen) atoms. The Morgan fingerprint density at radius 3 is 2.09 bits per heavy atom. The number of hydrogen-bond acceptors (Lipinski definition) is 5. The third kappa shape index (κ3) is 11.7. The zero-order valence-corrected chi connectivity index (χ0v) is 19.1. The van der Waals surface area contributed by atoms with Gasteiger partial charge >= 0.3 is 0 Å². The topological polar surface area (TPSA) is 60.5 Å². The molecule has 0 spiro atoms. The standard InChI is InChI=1S/C17H16N2O2.C7H8O.C4H6/c1-18-17(12-21-13-20)16-9-5-8-15(19-16)11-10-14-6-3-2-4-7-14;1-8-7-5-3-2-4-6-7;1-3-4-2/h2-9,13,17-18H,12H2,1H3;2-6H,1H3;3-4H,1-2H2/t17-;;/m0../s1. The number of likely N-dealkylation sites (N-methyl/N-ethyl adjacent to an activating group) is 1. The second-order valence-electron chi connectivity index (χ2n) is 6.32. The molecule has 2 aromatic carbocycles. The largest absolute Gasteiger partial charge is 0.497 e. The van der Waals surface area contributed by atoms with Gasteiger partial charge in [0.2, 0.25) is 0 Å². The molecule has 1 atom stereocenters. The van der Waals surface area contributed by atoms with Gasteiger partial charge in [0.05, 0.1) is 18.8 Å². The maximum Gasteiger partial charge on any atom is 0.293 e. The lowest BCUT2D eigenvalue weighted by Gasteiger charge is -2.14. The number of carbonyl (C=O) groups excluding carboxylic acids is 1. The van der Waals surface area contributed by atoms with Crippen LogP contribution in [-0.2, 0) is 9.53 Å². The minimum absolute atomic E-state index is 0.145. The zero-order valence-electron chi connectivity index (χ0n) is 19.1. The van der Waals surface area contributed by atoms with E-state index in [0.717, 1.165) is 17.0 Å². The first-order chi connectivity index (χ1) is 16.2. The van der Waals surface area contributed by atoms with Gasteiger partial charge in [-0.15, -0.1) is 0 Å². The molecule has 1 aromatic heterocycles. The Labute approximate surface area is 196 Å². The van der Waals surface area contributed by atoms with E-state index >= 15 is 0 Å². The molecule has 0 saturated heterocycles. The minimum atomic E-state index is -0.145. The molecule has 3 aromatic rings. The average Bonchev–Trinajstić information content (AvgIpc) is 2.90. The van der Waals surface area contributed by atoms with Gasteiger partial charge in [0, 0.05) is 5.56 Å². The van der Waals surface area contributed by atoms with Crippen LogP contribution in [0.4, 0.5) is 0 Å². The van der Waals surface area contributed by atoms with E-state index in [0.29, 0.717) is 12.2 Å². The van der Waals surface area contributed by atoms with Crippen LogP contribution >= 0.6 is 0 Å². The molecule has 0 aliphatic rings. The second kappa shape index (κ2) is 17.5. The van der Waals surface area contributed by atoms with Gasteiger partial charge in [-0.05, 0) is 49.4 Å². The predicted molar refractivity (Wildman–Crippen MR) is 134 cm³/mol. The van der Waals surface area contributed by atoms with E-state index in [1.807, 2.05) is 78.9 Å². The Morgan fingerprint density at radius 1 is 0.939 bits per heavy atom. The second-order valence-corrected chi connectivity index (χ2v) is 6.32. The minimum Gasteiger partial charge on any atom is -0.497 e. The molecule has 5 nitrogen and oxygen atoms in total. The van der Waals surface area contributed by atoms with Crippen molar-refractivity contribution in [3.8, 4) is 17.6 Å². The molecule has 0 fully saturated rings. The fourth-order valence-corrected chi connectivity index (χ4v) is 2.38. The summed E-state index contributed by atoms with van der Waals surface area (Å²) in [7, 11) is 3.46. The molecule has 0 aliphatic heterocycles. The molecule has 3 rings (SSSR count). The number of aromatic nitrogens is 1. The lowest BCUT2D eigenvalue weighted by atomic mass is 10.2. The average molecular weight is 443 g/mol. The lowest BCUT2D eigenvalue weighted by molar-refractivity contribution is -0.129. The van der Waals surface area contributed by atoms with Crippen LogP contribution < -0.4 is 10.1 Å². The highest BCUT2D eigenvalue weighted by Crippen LogP contribution is 2.10. The van der Waals surface area contributed by atoms with Gasteiger partial charge in [0.25, 0.3) is 6.47 Å². The smallest absolute Gasteiger partial charge is 0.293 e. The molecule has 1 N–H and O–H groups in total. The number of ether oxygens (including phenoxy) is 2. The number of pyridine rings is 1. The normalized spacial score (nSPS) is 9.76. The van der Waals surface area contributed by atoms with Crippen LogP contribution in [-0.4, -0.2) is 32.2 Å². The number of nitrogens with zero attached hydrogens (tertiary/aromatic N) is 1. The van der Waals surface area contributed by atoms with Gasteiger partial charge in [0.1, 0.15) is 18.1 Å². The summed E-state index contributed by atoms with van der Waals surface area (Å²) in [6.45, 7) is 7.39. The van der Waals surface area contributed by atoms with Crippen molar-refractivity contribution < 1.29 is 14.3 Å². The highest BCUT2D eigenvalue weighted by Gasteiger charge is 2.11. The SMILES string of the molecule is C=CC=C.CN[C@@H](COC=O)c1cccc(C#Cc2ccccc2)n1.COc1ccccc1. The van der Waals surface area contributed by atoms with Gasteiger partial charge in [-0.25, -0.2) is 4.98 Å². The summed E-state index contributed by atoms with van der Waals surface area (Å²) in [5.41, 5.74) is 2.42. The van der Waals surface area contributed by atoms with Gasteiger partial charge in [-0.3, -0.25) is 4.79 Å². The van der Waals surface area contributed by atoms with E-state index in [9.17, 15) is 4.79 Å². The molecule has 1 heterocycles. The van der Waals surface area contributed by atoms with Crippen LogP contribution in [0.25, 0.3) is 0 Å². The predicted octanol–water partition coefficient (Wildman–Crippen LogP) is 4.97. The Hall–Kier alpha value is -4.14. The maximum absolute atomic E-state index is 10.3. The summed E-state index contributed by atoms with van der Waals surface area (Å²) in [4.78, 5) is 14.8. The molecule has 0 radical (unpaired) electrons. The molecule has 170 valence electrons. The van der Waals surface area contributed by atoms with E-state index in [1.54, 1.807) is 26.3 Å². The number of methoxy groups -OCH3 is 1. The number of carbonyl (C=O) groups is 1. The summed E-state index contributed by atoms with van der Waals surface area (Å²) in [6, 6.07) is 24.9. The first kappa shape index (κ1) is 26.9. The van der Waals surface area contributed by atoms with Gasteiger partial charge < -0.3 is 14.8 Å². The van der Waals surface area contributed by atoms with Crippen molar-refractivity contribution in [2.45, 2.75) is 6.04 Å². The van der Waals surface area contributed by atoms with Crippen molar-refractivity contribution >= 4 is 6.47 Å². The molecular weight excluding hydrogens is 412 g/mol. The fraction of sp³-hybridized carbons (Fsp3) is 0.143. The van der Waals surface area contributed by atoms with Crippen molar-refractivity contribution in [2.24, 2.45) is 0 Å². The van der Waals surface area contributed by atoms with E-state index in [4.69, 9.17) is 9.47 Å². The number of rotatable bonds is 7. The van der Waals surface area contributed by atoms with Crippen molar-refractivity contribution in [1.82, 2.24) is 10.3 Å². The highest BCUT2D eigenvalue weighted by atomic mass is 16.5. The van der Waals surface area contributed by atoms with Crippen LogP contribution in [0.2, 0.25) is 0 Å². The molecule has 0 saturated carbocycles. The van der Waals surface area contributed by atoms with Crippen molar-refractivity contribution in [2.75, 3.05) is 20.8 Å². The third-order valence-corrected chi connectivity index (χ3v) is 4.06. The van der Waals surface area contributed by atoms with Crippen LogP contribution in [0.1, 0.15) is 23.0 Å². The summed E-state index contributed by atoms with van der Waals surface area (Å²) >= 11 is 0. The van der Waals surface area contributed by atoms with Crippen LogP contribution in [0.5, 0.6) is 5.75 Å².